The lowest BCUT2D eigenvalue weighted by Gasteiger charge is -2.24. The smallest absolute Gasteiger partial charge is 0.166 e. The quantitative estimate of drug-likeness (QED) is 0.724. The van der Waals surface area contributed by atoms with Crippen LogP contribution in [-0.4, -0.2) is 17.2 Å². The van der Waals surface area contributed by atoms with Crippen molar-refractivity contribution in [3.63, 3.8) is 0 Å². The van der Waals surface area contributed by atoms with Gasteiger partial charge in [0.15, 0.2) is 5.11 Å². The van der Waals surface area contributed by atoms with E-state index in [0.717, 1.165) is 11.5 Å². The van der Waals surface area contributed by atoms with Crippen LogP contribution in [0.2, 0.25) is 0 Å². The van der Waals surface area contributed by atoms with E-state index in [0.29, 0.717) is 18.0 Å². The summed E-state index contributed by atoms with van der Waals surface area (Å²) in [5.74, 6) is 0.637. The Morgan fingerprint density at radius 1 is 1.33 bits per heavy atom. The van der Waals surface area contributed by atoms with Crippen molar-refractivity contribution in [2.24, 2.45) is 5.92 Å². The van der Waals surface area contributed by atoms with Gasteiger partial charge in [-0.05, 0) is 37.4 Å². The molecule has 1 saturated carbocycles. The zero-order valence-electron chi connectivity index (χ0n) is 10.2. The van der Waals surface area contributed by atoms with Gasteiger partial charge in [-0.2, -0.15) is 0 Å². The molecular formula is C12H24N2S. The van der Waals surface area contributed by atoms with Crippen molar-refractivity contribution in [1.29, 1.82) is 0 Å². The summed E-state index contributed by atoms with van der Waals surface area (Å²) >= 11 is 5.33. The molecule has 0 spiro atoms. The molecule has 1 rings (SSSR count). The lowest BCUT2D eigenvalue weighted by molar-refractivity contribution is 0.436. The van der Waals surface area contributed by atoms with Gasteiger partial charge in [-0.3, -0.25) is 0 Å². The molecule has 0 amide bonds. The van der Waals surface area contributed by atoms with Crippen LogP contribution >= 0.6 is 12.2 Å². The van der Waals surface area contributed by atoms with E-state index in [4.69, 9.17) is 12.2 Å². The molecule has 0 aliphatic heterocycles. The van der Waals surface area contributed by atoms with Gasteiger partial charge in [0.05, 0.1) is 0 Å². The molecule has 2 N–H and O–H groups in total. The molecule has 0 heterocycles. The Hall–Kier alpha value is -0.310. The molecule has 0 radical (unpaired) electrons. The number of nitrogens with one attached hydrogen (secondary N) is 2. The highest BCUT2D eigenvalue weighted by Crippen LogP contribution is 2.17. The summed E-state index contributed by atoms with van der Waals surface area (Å²) in [6, 6.07) is 1.13. The normalized spacial score (nSPS) is 19.2. The second kappa shape index (κ2) is 6.31. The zero-order valence-corrected chi connectivity index (χ0v) is 11.0. The van der Waals surface area contributed by atoms with E-state index in [9.17, 15) is 0 Å². The molecule has 3 heteroatoms. The van der Waals surface area contributed by atoms with Crippen molar-refractivity contribution in [2.75, 3.05) is 0 Å². The first-order chi connectivity index (χ1) is 7.13. The highest BCUT2D eigenvalue weighted by molar-refractivity contribution is 7.80. The maximum Gasteiger partial charge on any atom is 0.166 e. The third-order valence-electron chi connectivity index (χ3n) is 3.25. The molecule has 1 unspecified atom stereocenters. The number of thiocarbonyl (C=S) groups is 1. The third kappa shape index (κ3) is 4.37. The number of rotatable bonds is 4. The second-order valence-corrected chi connectivity index (χ2v) is 5.27. The van der Waals surface area contributed by atoms with Crippen LogP contribution in [-0.2, 0) is 0 Å². The summed E-state index contributed by atoms with van der Waals surface area (Å²) < 4.78 is 0. The maximum atomic E-state index is 5.33. The first-order valence-electron chi connectivity index (χ1n) is 6.20. The Balaban J connectivity index is 2.27. The fourth-order valence-corrected chi connectivity index (χ4v) is 2.52. The Morgan fingerprint density at radius 2 is 1.93 bits per heavy atom. The van der Waals surface area contributed by atoms with E-state index in [1.54, 1.807) is 0 Å². The lowest BCUT2D eigenvalue weighted by Crippen LogP contribution is -2.46. The molecule has 1 atom stereocenters. The molecular weight excluding hydrogens is 204 g/mol. The van der Waals surface area contributed by atoms with Crippen LogP contribution in [0.5, 0.6) is 0 Å². The average Bonchev–Trinajstić information content (AvgIpc) is 2.66. The minimum atomic E-state index is 0.506. The number of hydrogen-bond donors (Lipinski definition) is 2. The van der Waals surface area contributed by atoms with E-state index in [2.05, 4.69) is 31.4 Å². The van der Waals surface area contributed by atoms with E-state index in [-0.39, 0.29) is 0 Å². The molecule has 0 aromatic heterocycles. The van der Waals surface area contributed by atoms with Gasteiger partial charge in [-0.1, -0.05) is 33.6 Å². The molecule has 1 aliphatic carbocycles. The molecule has 0 bridgehead atoms. The van der Waals surface area contributed by atoms with E-state index < -0.39 is 0 Å². The van der Waals surface area contributed by atoms with E-state index >= 15 is 0 Å². The fraction of sp³-hybridized carbons (Fsp3) is 0.917. The minimum Gasteiger partial charge on any atom is -0.360 e. The standard InChI is InChI=1S/C12H24N2S/c1-4-11(9(2)3)14-12(15)13-10-7-5-6-8-10/h9-11H,4-8H2,1-3H3,(H2,13,14,15). The second-order valence-electron chi connectivity index (χ2n) is 4.86. The van der Waals surface area contributed by atoms with Crippen LogP contribution in [0.3, 0.4) is 0 Å². The topological polar surface area (TPSA) is 24.1 Å². The Labute approximate surface area is 99.2 Å². The summed E-state index contributed by atoms with van der Waals surface area (Å²) in [5.41, 5.74) is 0. The van der Waals surface area contributed by atoms with Crippen LogP contribution in [0.4, 0.5) is 0 Å². The summed E-state index contributed by atoms with van der Waals surface area (Å²) in [5, 5.41) is 7.68. The summed E-state index contributed by atoms with van der Waals surface area (Å²) in [7, 11) is 0. The lowest BCUT2D eigenvalue weighted by atomic mass is 10.0. The van der Waals surface area contributed by atoms with Crippen LogP contribution in [0.25, 0.3) is 0 Å². The van der Waals surface area contributed by atoms with Crippen molar-refractivity contribution >= 4 is 17.3 Å². The van der Waals surface area contributed by atoms with Crippen molar-refractivity contribution < 1.29 is 0 Å². The van der Waals surface area contributed by atoms with E-state index in [1.807, 2.05) is 0 Å². The largest absolute Gasteiger partial charge is 0.360 e. The van der Waals surface area contributed by atoms with Gasteiger partial charge in [0.2, 0.25) is 0 Å². The van der Waals surface area contributed by atoms with Crippen molar-refractivity contribution in [1.82, 2.24) is 10.6 Å². The van der Waals surface area contributed by atoms with Crippen LogP contribution in [0, 0.1) is 5.92 Å². The SMILES string of the molecule is CCC(NC(=S)NC1CCCC1)C(C)C. The highest BCUT2D eigenvalue weighted by atomic mass is 32.1. The van der Waals surface area contributed by atoms with Gasteiger partial charge >= 0.3 is 0 Å². The van der Waals surface area contributed by atoms with Crippen LogP contribution < -0.4 is 10.6 Å². The van der Waals surface area contributed by atoms with Gasteiger partial charge in [-0.15, -0.1) is 0 Å². The number of hydrogen-bond acceptors (Lipinski definition) is 1. The molecule has 1 aliphatic rings. The zero-order chi connectivity index (χ0) is 11.3. The van der Waals surface area contributed by atoms with Crippen LogP contribution in [0.15, 0.2) is 0 Å². The van der Waals surface area contributed by atoms with Gasteiger partial charge in [0, 0.05) is 12.1 Å². The Morgan fingerprint density at radius 3 is 2.40 bits per heavy atom. The summed E-state index contributed by atoms with van der Waals surface area (Å²) in [4.78, 5) is 0. The summed E-state index contributed by atoms with van der Waals surface area (Å²) in [6.07, 6.45) is 6.38. The fourth-order valence-electron chi connectivity index (χ4n) is 2.21. The predicted molar refractivity (Wildman–Crippen MR) is 70.0 cm³/mol. The first-order valence-corrected chi connectivity index (χ1v) is 6.61. The molecule has 15 heavy (non-hydrogen) atoms. The minimum absolute atomic E-state index is 0.506. The van der Waals surface area contributed by atoms with Gasteiger partial charge < -0.3 is 10.6 Å². The molecule has 0 aromatic carbocycles. The average molecular weight is 228 g/mol. The van der Waals surface area contributed by atoms with Gasteiger partial charge in [-0.25, -0.2) is 0 Å². The predicted octanol–water partition coefficient (Wildman–Crippen LogP) is 2.83. The van der Waals surface area contributed by atoms with Crippen LogP contribution in [0.1, 0.15) is 52.9 Å². The molecule has 0 saturated heterocycles. The maximum absolute atomic E-state index is 5.33. The van der Waals surface area contributed by atoms with Gasteiger partial charge in [0.1, 0.15) is 0 Å². The first kappa shape index (κ1) is 12.8. The molecule has 1 fully saturated rings. The highest BCUT2D eigenvalue weighted by Gasteiger charge is 2.17. The summed E-state index contributed by atoms with van der Waals surface area (Å²) in [6.45, 7) is 6.68. The Kier molecular flexibility index (Phi) is 5.37. The van der Waals surface area contributed by atoms with Crippen molar-refractivity contribution in [2.45, 2.75) is 65.0 Å². The monoisotopic (exact) mass is 228 g/mol. The van der Waals surface area contributed by atoms with Gasteiger partial charge in [0.25, 0.3) is 0 Å². The molecule has 0 aromatic rings. The molecule has 2 nitrogen and oxygen atoms in total. The molecule has 88 valence electrons. The van der Waals surface area contributed by atoms with E-state index in [1.165, 1.54) is 25.7 Å². The van der Waals surface area contributed by atoms with Crippen molar-refractivity contribution in [3.05, 3.63) is 0 Å². The third-order valence-corrected chi connectivity index (χ3v) is 3.49. The van der Waals surface area contributed by atoms with Crippen molar-refractivity contribution in [3.8, 4) is 0 Å². The Bertz CT molecular complexity index is 198.